The van der Waals surface area contributed by atoms with E-state index in [9.17, 15) is 18.0 Å². The molecule has 0 aromatic heterocycles. The Balaban J connectivity index is 1.51. The molecule has 0 spiro atoms. The summed E-state index contributed by atoms with van der Waals surface area (Å²) in [7, 11) is -2.07. The fraction of sp³-hybridized carbons (Fsp3) is 0.440. The summed E-state index contributed by atoms with van der Waals surface area (Å²) in [6.07, 6.45) is 4.94. The zero-order chi connectivity index (χ0) is 24.3. The highest BCUT2D eigenvalue weighted by Crippen LogP contribution is 2.38. The molecule has 1 fully saturated rings. The van der Waals surface area contributed by atoms with Gasteiger partial charge < -0.3 is 10.2 Å². The first kappa shape index (κ1) is 24.8. The van der Waals surface area contributed by atoms with Crippen molar-refractivity contribution in [3.8, 4) is 0 Å². The van der Waals surface area contributed by atoms with Crippen LogP contribution >= 0.6 is 11.8 Å². The number of amides is 2. The van der Waals surface area contributed by atoms with Crippen molar-refractivity contribution in [2.45, 2.75) is 61.4 Å². The van der Waals surface area contributed by atoms with Crippen LogP contribution in [0, 0.1) is 6.92 Å². The molecule has 1 aliphatic heterocycles. The summed E-state index contributed by atoms with van der Waals surface area (Å²) in [5, 5.41) is 2.86. The number of hydrogen-bond acceptors (Lipinski definition) is 5. The quantitative estimate of drug-likeness (QED) is 0.625. The van der Waals surface area contributed by atoms with E-state index < -0.39 is 10.0 Å². The fourth-order valence-electron chi connectivity index (χ4n) is 4.43. The van der Waals surface area contributed by atoms with E-state index in [1.165, 1.54) is 21.0 Å². The maximum Gasteiger partial charge on any atom is 0.243 e. The average molecular weight is 502 g/mol. The summed E-state index contributed by atoms with van der Waals surface area (Å²) in [5.74, 6) is -0.288. The summed E-state index contributed by atoms with van der Waals surface area (Å²) in [4.78, 5) is 27.7. The lowest BCUT2D eigenvalue weighted by Gasteiger charge is -2.32. The number of nitrogens with one attached hydrogen (secondary N) is 1. The zero-order valence-corrected chi connectivity index (χ0v) is 21.3. The molecule has 1 saturated carbocycles. The number of thioether (sulfide) groups is 1. The van der Waals surface area contributed by atoms with Crippen LogP contribution in [0.2, 0.25) is 0 Å². The van der Waals surface area contributed by atoms with Gasteiger partial charge in [0.15, 0.2) is 0 Å². The lowest BCUT2D eigenvalue weighted by atomic mass is 9.96. The average Bonchev–Trinajstić information content (AvgIpc) is 2.85. The molecule has 0 bridgehead atoms. The van der Waals surface area contributed by atoms with E-state index in [-0.39, 0.29) is 35.0 Å². The Morgan fingerprint density at radius 2 is 1.82 bits per heavy atom. The maximum atomic E-state index is 13.3. The summed E-state index contributed by atoms with van der Waals surface area (Å²) >= 11 is 1.36. The lowest BCUT2D eigenvalue weighted by Crippen LogP contribution is -2.43. The van der Waals surface area contributed by atoms with Gasteiger partial charge in [-0.1, -0.05) is 49.1 Å². The van der Waals surface area contributed by atoms with Crippen molar-refractivity contribution in [1.29, 1.82) is 0 Å². The Morgan fingerprint density at radius 3 is 2.53 bits per heavy atom. The SMILES string of the molecule is Cc1ccc(CNC(=O)CN2C(=O)CSc3ccc(S(=O)(=O)N(C)C4CCCCC4)cc32)cc1. The molecule has 1 N–H and O–H groups in total. The number of hydrogen-bond donors (Lipinski definition) is 1. The van der Waals surface area contributed by atoms with Gasteiger partial charge in [-0.15, -0.1) is 11.8 Å². The molecule has 0 saturated heterocycles. The van der Waals surface area contributed by atoms with Crippen LogP contribution < -0.4 is 10.2 Å². The van der Waals surface area contributed by atoms with E-state index in [4.69, 9.17) is 0 Å². The molecule has 0 unspecified atom stereocenters. The topological polar surface area (TPSA) is 86.8 Å². The zero-order valence-electron chi connectivity index (χ0n) is 19.6. The van der Waals surface area contributed by atoms with Crippen LogP contribution in [0.15, 0.2) is 52.3 Å². The molecule has 2 amide bonds. The summed E-state index contributed by atoms with van der Waals surface area (Å²) in [6, 6.07) is 12.7. The number of benzene rings is 2. The van der Waals surface area contributed by atoms with Crippen molar-refractivity contribution >= 4 is 39.3 Å². The monoisotopic (exact) mass is 501 g/mol. The number of aryl methyl sites for hydroxylation is 1. The normalized spacial score (nSPS) is 17.0. The number of nitrogens with zero attached hydrogens (tertiary/aromatic N) is 2. The molecule has 9 heteroatoms. The first-order valence-electron chi connectivity index (χ1n) is 11.6. The first-order chi connectivity index (χ1) is 16.3. The van der Waals surface area contributed by atoms with Gasteiger partial charge in [-0.25, -0.2) is 8.42 Å². The van der Waals surface area contributed by atoms with Gasteiger partial charge in [-0.05, 0) is 43.5 Å². The number of fused-ring (bicyclic) bond motifs is 1. The second-order valence-corrected chi connectivity index (χ2v) is 12.0. The largest absolute Gasteiger partial charge is 0.350 e. The van der Waals surface area contributed by atoms with E-state index in [0.29, 0.717) is 12.2 Å². The van der Waals surface area contributed by atoms with Gasteiger partial charge in [0.05, 0.1) is 16.3 Å². The molecule has 1 aliphatic carbocycles. The van der Waals surface area contributed by atoms with Crippen molar-refractivity contribution in [1.82, 2.24) is 9.62 Å². The predicted octanol–water partition coefficient (Wildman–Crippen LogP) is 3.70. The first-order valence-corrected chi connectivity index (χ1v) is 14.1. The van der Waals surface area contributed by atoms with Crippen molar-refractivity contribution in [2.24, 2.45) is 0 Å². The molecule has 2 aliphatic rings. The van der Waals surface area contributed by atoms with Crippen molar-refractivity contribution < 1.29 is 18.0 Å². The van der Waals surface area contributed by atoms with E-state index in [2.05, 4.69) is 5.32 Å². The number of carbonyl (C=O) groups is 2. The third-order valence-electron chi connectivity index (χ3n) is 6.55. The summed E-state index contributed by atoms with van der Waals surface area (Å²) in [5.41, 5.74) is 2.59. The van der Waals surface area contributed by atoms with Crippen molar-refractivity contribution in [3.05, 3.63) is 53.6 Å². The Bertz CT molecular complexity index is 1160. The molecule has 4 rings (SSSR count). The van der Waals surface area contributed by atoms with Gasteiger partial charge >= 0.3 is 0 Å². The predicted molar refractivity (Wildman–Crippen MR) is 134 cm³/mol. The van der Waals surface area contributed by atoms with Crippen LogP contribution in [0.4, 0.5) is 5.69 Å². The fourth-order valence-corrected chi connectivity index (χ4v) is 6.78. The molecule has 2 aromatic rings. The van der Waals surface area contributed by atoms with Crippen LogP contribution in [0.25, 0.3) is 0 Å². The van der Waals surface area contributed by atoms with Gasteiger partial charge in [0.1, 0.15) is 6.54 Å². The van der Waals surface area contributed by atoms with Gasteiger partial charge in [0.2, 0.25) is 21.8 Å². The van der Waals surface area contributed by atoms with E-state index >= 15 is 0 Å². The molecule has 7 nitrogen and oxygen atoms in total. The van der Waals surface area contributed by atoms with Crippen molar-refractivity contribution in [3.63, 3.8) is 0 Å². The minimum atomic E-state index is -3.71. The minimum absolute atomic E-state index is 0.00514. The van der Waals surface area contributed by atoms with Crippen LogP contribution in [-0.4, -0.2) is 49.9 Å². The number of rotatable bonds is 7. The van der Waals surface area contributed by atoms with Gasteiger partial charge in [-0.2, -0.15) is 4.31 Å². The second kappa shape index (κ2) is 10.5. The number of sulfonamides is 1. The van der Waals surface area contributed by atoms with Crippen LogP contribution in [0.3, 0.4) is 0 Å². The second-order valence-electron chi connectivity index (χ2n) is 8.97. The lowest BCUT2D eigenvalue weighted by molar-refractivity contribution is -0.123. The van der Waals surface area contributed by atoms with Crippen LogP contribution in [-0.2, 0) is 26.2 Å². The smallest absolute Gasteiger partial charge is 0.243 e. The van der Waals surface area contributed by atoms with E-state index in [1.54, 1.807) is 25.2 Å². The molecule has 2 aromatic carbocycles. The molecule has 1 heterocycles. The molecular weight excluding hydrogens is 470 g/mol. The van der Waals surface area contributed by atoms with E-state index in [1.807, 2.05) is 31.2 Å². The molecular formula is C25H31N3O4S2. The molecule has 0 radical (unpaired) electrons. The molecule has 182 valence electrons. The van der Waals surface area contributed by atoms with Crippen LogP contribution in [0.5, 0.6) is 0 Å². The van der Waals surface area contributed by atoms with Crippen molar-refractivity contribution in [2.75, 3.05) is 24.2 Å². The number of anilines is 1. The van der Waals surface area contributed by atoms with Crippen LogP contribution in [0.1, 0.15) is 43.2 Å². The maximum absolute atomic E-state index is 13.3. The number of carbonyl (C=O) groups excluding carboxylic acids is 2. The molecule has 34 heavy (non-hydrogen) atoms. The van der Waals surface area contributed by atoms with Gasteiger partial charge in [0.25, 0.3) is 0 Å². The highest BCUT2D eigenvalue weighted by Gasteiger charge is 2.32. The van der Waals surface area contributed by atoms with Gasteiger partial charge in [-0.3, -0.25) is 9.59 Å². The Hall–Kier alpha value is -2.36. The Morgan fingerprint density at radius 1 is 1.12 bits per heavy atom. The third kappa shape index (κ3) is 5.47. The minimum Gasteiger partial charge on any atom is -0.350 e. The van der Waals surface area contributed by atoms with Gasteiger partial charge in [0, 0.05) is 24.5 Å². The Kier molecular flexibility index (Phi) is 7.64. The summed E-state index contributed by atoms with van der Waals surface area (Å²) in [6.45, 7) is 2.21. The standard InChI is InChI=1S/C25H31N3O4S2/c1-18-8-10-19(11-9-18)15-26-24(29)16-28-22-14-21(12-13-23(22)33-17-25(28)30)34(31,32)27(2)20-6-4-3-5-7-20/h8-14,20H,3-7,15-17H2,1-2H3,(H,26,29). The Labute approximate surface area is 205 Å². The highest BCUT2D eigenvalue weighted by atomic mass is 32.2. The highest BCUT2D eigenvalue weighted by molar-refractivity contribution is 8.00. The van der Waals surface area contributed by atoms with E-state index in [0.717, 1.165) is 48.1 Å². The third-order valence-corrected chi connectivity index (χ3v) is 9.50. The summed E-state index contributed by atoms with van der Waals surface area (Å²) < 4.78 is 28.2. The molecule has 0 atom stereocenters.